The van der Waals surface area contributed by atoms with Crippen molar-refractivity contribution < 1.29 is 31.2 Å². The number of fused-ring (bicyclic) bond motifs is 1. The van der Waals surface area contributed by atoms with Crippen molar-refractivity contribution in [3.63, 3.8) is 0 Å². The van der Waals surface area contributed by atoms with Crippen molar-refractivity contribution in [3.05, 3.63) is 30.3 Å². The number of hydrogen-bond acceptors (Lipinski definition) is 2. The third-order valence-electron chi connectivity index (χ3n) is 2.14. The Labute approximate surface area is 98.1 Å². The van der Waals surface area contributed by atoms with Crippen LogP contribution in [0.3, 0.4) is 0 Å². The molecule has 0 aromatic heterocycles. The van der Waals surface area contributed by atoms with Crippen LogP contribution in [0.4, 0.5) is 0 Å². The van der Waals surface area contributed by atoms with Crippen molar-refractivity contribution in [1.29, 1.82) is 0 Å². The number of methoxy groups -OCH3 is 2. The molecule has 2 rings (SSSR count). The van der Waals surface area contributed by atoms with Gasteiger partial charge in [0, 0.05) is 21.7 Å². The summed E-state index contributed by atoms with van der Waals surface area (Å²) in [6, 6.07) is 10.0. The second-order valence-electron chi connectivity index (χ2n) is 2.83. The van der Waals surface area contributed by atoms with Crippen LogP contribution in [0.2, 0.25) is 0 Å². The van der Waals surface area contributed by atoms with Crippen LogP contribution in [0.1, 0.15) is 0 Å². The summed E-state index contributed by atoms with van der Waals surface area (Å²) >= 11 is 0. The van der Waals surface area contributed by atoms with Crippen molar-refractivity contribution in [2.24, 2.45) is 0 Å². The molecule has 0 heterocycles. The Morgan fingerprint density at radius 3 is 2.43 bits per heavy atom. The summed E-state index contributed by atoms with van der Waals surface area (Å²) in [7, 11) is 3.31. The molecule has 2 nitrogen and oxygen atoms in total. The minimum Gasteiger partial charge on any atom is -0.544 e. The first-order valence-corrected chi connectivity index (χ1v) is 4.13. The van der Waals surface area contributed by atoms with Crippen LogP contribution in [0.15, 0.2) is 30.3 Å². The molecule has 0 unspecified atom stereocenters. The van der Waals surface area contributed by atoms with Crippen LogP contribution in [0.25, 0.3) is 10.8 Å². The van der Waals surface area contributed by atoms with E-state index >= 15 is 0 Å². The fourth-order valence-electron chi connectivity index (χ4n) is 1.53. The standard InChI is InChI=1S/C11H11O2.Ti/c1-12-10-7-8-5-3-4-6-9(8)11(10)13-2;/h3-7H,1-2H3;/q-1;. The predicted octanol–water partition coefficient (Wildman–Crippen LogP) is 2.57. The molecular weight excluding hydrogens is 212 g/mol. The van der Waals surface area contributed by atoms with Gasteiger partial charge < -0.3 is 9.47 Å². The summed E-state index contributed by atoms with van der Waals surface area (Å²) < 4.78 is 10.5. The SMILES string of the molecule is COc1[cH-]c2ccccc2c1OC.[Ti]. The molecular formula is C11H11O2Ti-. The van der Waals surface area contributed by atoms with Crippen LogP contribution in [-0.2, 0) is 21.7 Å². The quantitative estimate of drug-likeness (QED) is 0.575. The van der Waals surface area contributed by atoms with E-state index in [-0.39, 0.29) is 21.7 Å². The molecule has 2 aromatic rings. The Hall–Kier alpha value is -0.856. The monoisotopic (exact) mass is 223 g/mol. The van der Waals surface area contributed by atoms with Gasteiger partial charge in [-0.2, -0.15) is 0 Å². The average molecular weight is 223 g/mol. The summed E-state index contributed by atoms with van der Waals surface area (Å²) in [6.07, 6.45) is 0. The van der Waals surface area contributed by atoms with Crippen LogP contribution < -0.4 is 9.47 Å². The Kier molecular flexibility index (Phi) is 3.67. The van der Waals surface area contributed by atoms with Crippen molar-refractivity contribution in [3.8, 4) is 11.5 Å². The topological polar surface area (TPSA) is 18.5 Å². The molecule has 0 fully saturated rings. The van der Waals surface area contributed by atoms with E-state index in [9.17, 15) is 0 Å². The van der Waals surface area contributed by atoms with Crippen molar-refractivity contribution in [2.75, 3.05) is 14.2 Å². The Morgan fingerprint density at radius 2 is 1.79 bits per heavy atom. The van der Waals surface area contributed by atoms with Gasteiger partial charge in [0.25, 0.3) is 0 Å². The van der Waals surface area contributed by atoms with Crippen LogP contribution in [0, 0.1) is 0 Å². The minimum absolute atomic E-state index is 0. The Bertz CT molecular complexity index is 420. The second kappa shape index (κ2) is 4.58. The molecule has 0 atom stereocenters. The summed E-state index contributed by atoms with van der Waals surface area (Å²) in [5, 5.41) is 2.25. The van der Waals surface area contributed by atoms with E-state index in [1.807, 2.05) is 30.3 Å². The molecule has 14 heavy (non-hydrogen) atoms. The van der Waals surface area contributed by atoms with Gasteiger partial charge in [-0.15, -0.1) is 29.7 Å². The van der Waals surface area contributed by atoms with E-state index in [1.54, 1.807) is 14.2 Å². The largest absolute Gasteiger partial charge is 0.544 e. The molecule has 0 radical (unpaired) electrons. The summed E-state index contributed by atoms with van der Waals surface area (Å²) in [4.78, 5) is 0. The zero-order chi connectivity index (χ0) is 9.26. The van der Waals surface area contributed by atoms with Gasteiger partial charge >= 0.3 is 0 Å². The Morgan fingerprint density at radius 1 is 1.07 bits per heavy atom. The molecule has 0 N–H and O–H groups in total. The first-order chi connectivity index (χ1) is 6.36. The van der Waals surface area contributed by atoms with E-state index in [4.69, 9.17) is 9.47 Å². The first-order valence-electron chi connectivity index (χ1n) is 4.13. The molecule has 0 aliphatic carbocycles. The van der Waals surface area contributed by atoms with Gasteiger partial charge in [-0.1, -0.05) is 11.5 Å². The molecule has 0 amide bonds. The van der Waals surface area contributed by atoms with E-state index < -0.39 is 0 Å². The normalized spacial score (nSPS) is 9.57. The molecule has 0 spiro atoms. The molecule has 2 aromatic carbocycles. The summed E-state index contributed by atoms with van der Waals surface area (Å²) in [6.45, 7) is 0. The summed E-state index contributed by atoms with van der Waals surface area (Å²) in [5.74, 6) is 1.61. The van der Waals surface area contributed by atoms with Crippen molar-refractivity contribution in [2.45, 2.75) is 0 Å². The number of benzene rings is 1. The molecule has 0 saturated carbocycles. The predicted molar refractivity (Wildman–Crippen MR) is 52.6 cm³/mol. The number of ether oxygens (including phenoxy) is 2. The van der Waals surface area contributed by atoms with Gasteiger partial charge in [0.05, 0.1) is 25.7 Å². The minimum atomic E-state index is 0. The van der Waals surface area contributed by atoms with Gasteiger partial charge in [0.1, 0.15) is 0 Å². The van der Waals surface area contributed by atoms with Gasteiger partial charge in [-0.3, -0.25) is 0 Å². The summed E-state index contributed by atoms with van der Waals surface area (Å²) in [5.41, 5.74) is 0. The van der Waals surface area contributed by atoms with Crippen LogP contribution >= 0.6 is 0 Å². The zero-order valence-electron chi connectivity index (χ0n) is 8.20. The molecule has 0 aliphatic heterocycles. The average Bonchev–Trinajstić information content (AvgIpc) is 2.55. The van der Waals surface area contributed by atoms with E-state index in [1.165, 1.54) is 0 Å². The van der Waals surface area contributed by atoms with E-state index in [0.29, 0.717) is 0 Å². The van der Waals surface area contributed by atoms with Gasteiger partial charge in [0.15, 0.2) is 0 Å². The number of hydrogen-bond donors (Lipinski definition) is 0. The maximum absolute atomic E-state index is 5.26. The maximum Gasteiger partial charge on any atom is 0.0752 e. The smallest absolute Gasteiger partial charge is 0.0752 e. The fourth-order valence-corrected chi connectivity index (χ4v) is 1.53. The maximum atomic E-state index is 5.26. The number of rotatable bonds is 2. The fraction of sp³-hybridized carbons (Fsp3) is 0.182. The van der Waals surface area contributed by atoms with E-state index in [2.05, 4.69) is 0 Å². The van der Waals surface area contributed by atoms with E-state index in [0.717, 1.165) is 22.3 Å². The third kappa shape index (κ3) is 1.68. The molecule has 3 heteroatoms. The third-order valence-corrected chi connectivity index (χ3v) is 2.14. The molecule has 72 valence electrons. The second-order valence-corrected chi connectivity index (χ2v) is 2.83. The van der Waals surface area contributed by atoms with Crippen LogP contribution in [0.5, 0.6) is 11.5 Å². The zero-order valence-corrected chi connectivity index (χ0v) is 9.76. The van der Waals surface area contributed by atoms with Crippen molar-refractivity contribution >= 4 is 10.8 Å². The van der Waals surface area contributed by atoms with Gasteiger partial charge in [0.2, 0.25) is 0 Å². The molecule has 0 saturated heterocycles. The molecule has 0 aliphatic rings. The first kappa shape index (κ1) is 11.2. The molecule has 0 bridgehead atoms. The van der Waals surface area contributed by atoms with Crippen LogP contribution in [-0.4, -0.2) is 14.2 Å². The van der Waals surface area contributed by atoms with Crippen molar-refractivity contribution in [1.82, 2.24) is 0 Å². The Balaban J connectivity index is 0.000000980. The van der Waals surface area contributed by atoms with Gasteiger partial charge in [-0.05, 0) is 0 Å². The van der Waals surface area contributed by atoms with Gasteiger partial charge in [-0.25, -0.2) is 0 Å².